The van der Waals surface area contributed by atoms with Crippen LogP contribution in [0.3, 0.4) is 0 Å². The smallest absolute Gasteiger partial charge is 0.351 e. The Labute approximate surface area is 125 Å². The van der Waals surface area contributed by atoms with E-state index in [1.807, 2.05) is 5.92 Å². The van der Waals surface area contributed by atoms with Gasteiger partial charge >= 0.3 is 5.69 Å². The topological polar surface area (TPSA) is 131 Å². The molecule has 1 fully saturated rings. The molecule has 1 aromatic rings. The average Bonchev–Trinajstić information content (AvgIpc) is 2.70. The zero-order valence-electron chi connectivity index (χ0n) is 11.7. The first-order valence-corrected chi connectivity index (χ1v) is 6.46. The van der Waals surface area contributed by atoms with Crippen molar-refractivity contribution in [3.05, 3.63) is 22.7 Å². The second-order valence-corrected chi connectivity index (χ2v) is 4.94. The fourth-order valence-electron chi connectivity index (χ4n) is 2.29. The maximum absolute atomic E-state index is 12.3. The molecule has 8 nitrogen and oxygen atoms in total. The summed E-state index contributed by atoms with van der Waals surface area (Å²) in [6.07, 6.45) is -4.29. The molecular weight excluding hydrogens is 297 g/mol. The van der Waals surface area contributed by atoms with Gasteiger partial charge in [-0.3, -0.25) is 4.57 Å². The standard InChI is InChI=1S/C13H16FN3O5/c1-7(18)9-10(19)13(21,4-2-5-14)11(22-9)17-6-3-8(15)16-12(17)20/h3,6-7,9-11,18-19,21H,5H2,1H3,(H2,15,16,20)/t7-,9+,10-,11+,13?/m0/s1. The third kappa shape index (κ3) is 2.69. The molecule has 120 valence electrons. The molecule has 5 atom stereocenters. The van der Waals surface area contributed by atoms with Gasteiger partial charge in [0, 0.05) is 6.20 Å². The molecule has 5 N–H and O–H groups in total. The number of aliphatic hydroxyl groups excluding tert-OH is 2. The summed E-state index contributed by atoms with van der Waals surface area (Å²) in [5.74, 6) is 4.12. The van der Waals surface area contributed by atoms with Crippen molar-refractivity contribution in [2.45, 2.75) is 37.1 Å². The summed E-state index contributed by atoms with van der Waals surface area (Å²) in [5, 5.41) is 30.4. The molecule has 0 saturated carbocycles. The number of hydrogen-bond donors (Lipinski definition) is 4. The molecule has 0 spiro atoms. The maximum Gasteiger partial charge on any atom is 0.351 e. The summed E-state index contributed by atoms with van der Waals surface area (Å²) in [5.41, 5.74) is 2.26. The molecule has 1 unspecified atom stereocenters. The number of nitrogens with zero attached hydrogens (tertiary/aromatic N) is 2. The highest BCUT2D eigenvalue weighted by Crippen LogP contribution is 2.38. The molecule has 0 amide bonds. The Hall–Kier alpha value is -1.99. The number of aliphatic hydroxyl groups is 3. The summed E-state index contributed by atoms with van der Waals surface area (Å²) in [6.45, 7) is 0.277. The van der Waals surface area contributed by atoms with E-state index in [9.17, 15) is 24.5 Å². The van der Waals surface area contributed by atoms with Crippen molar-refractivity contribution >= 4 is 5.82 Å². The zero-order chi connectivity index (χ0) is 16.5. The number of alkyl halides is 1. The highest BCUT2D eigenvalue weighted by Gasteiger charge is 2.57. The van der Waals surface area contributed by atoms with Crippen LogP contribution in [0.5, 0.6) is 0 Å². The van der Waals surface area contributed by atoms with Crippen molar-refractivity contribution in [1.29, 1.82) is 0 Å². The zero-order valence-corrected chi connectivity index (χ0v) is 11.7. The van der Waals surface area contributed by atoms with Crippen LogP contribution in [0.15, 0.2) is 17.1 Å². The Balaban J connectivity index is 2.53. The Morgan fingerprint density at radius 1 is 1.68 bits per heavy atom. The van der Waals surface area contributed by atoms with E-state index in [0.717, 1.165) is 4.57 Å². The van der Waals surface area contributed by atoms with Gasteiger partial charge in [-0.2, -0.15) is 4.98 Å². The van der Waals surface area contributed by atoms with Crippen molar-refractivity contribution in [3.63, 3.8) is 0 Å². The minimum absolute atomic E-state index is 0.0368. The van der Waals surface area contributed by atoms with Gasteiger partial charge in [0.1, 0.15) is 24.7 Å². The molecule has 1 aliphatic rings. The molecule has 9 heteroatoms. The first-order chi connectivity index (χ1) is 10.3. The van der Waals surface area contributed by atoms with Crippen LogP contribution in [0, 0.1) is 11.8 Å². The van der Waals surface area contributed by atoms with Crippen molar-refractivity contribution in [3.8, 4) is 11.8 Å². The van der Waals surface area contributed by atoms with Crippen LogP contribution in [0.2, 0.25) is 0 Å². The SMILES string of the molecule is C[C@H](O)[C@H]1O[C@@H](n2ccc(N)nc2=O)C(O)(C#CCF)[C@H]1O. The van der Waals surface area contributed by atoms with E-state index in [4.69, 9.17) is 10.5 Å². The van der Waals surface area contributed by atoms with Gasteiger partial charge < -0.3 is 25.8 Å². The number of aromatic nitrogens is 2. The molecule has 0 aromatic carbocycles. The minimum atomic E-state index is -2.28. The number of nitrogen functional groups attached to an aromatic ring is 1. The summed E-state index contributed by atoms with van der Waals surface area (Å²) in [6, 6.07) is 1.29. The van der Waals surface area contributed by atoms with Gasteiger partial charge in [0.05, 0.1) is 6.10 Å². The molecule has 2 heterocycles. The first kappa shape index (κ1) is 16.4. The third-order valence-corrected chi connectivity index (χ3v) is 3.36. The Bertz CT molecular complexity index is 668. The van der Waals surface area contributed by atoms with Crippen LogP contribution in [0.25, 0.3) is 0 Å². The first-order valence-electron chi connectivity index (χ1n) is 6.46. The lowest BCUT2D eigenvalue weighted by molar-refractivity contribution is -0.0883. The summed E-state index contributed by atoms with van der Waals surface area (Å²) >= 11 is 0. The second kappa shape index (κ2) is 6.02. The number of anilines is 1. The van der Waals surface area contributed by atoms with Gasteiger partial charge in [0.15, 0.2) is 11.8 Å². The van der Waals surface area contributed by atoms with Gasteiger partial charge in [-0.05, 0) is 13.0 Å². The van der Waals surface area contributed by atoms with Crippen LogP contribution in [-0.2, 0) is 4.74 Å². The van der Waals surface area contributed by atoms with Crippen LogP contribution in [0.4, 0.5) is 10.2 Å². The molecule has 1 aromatic heterocycles. The van der Waals surface area contributed by atoms with E-state index < -0.39 is 42.5 Å². The summed E-state index contributed by atoms with van der Waals surface area (Å²) in [7, 11) is 0. The van der Waals surface area contributed by atoms with Crippen molar-refractivity contribution in [2.24, 2.45) is 0 Å². The number of hydrogen-bond acceptors (Lipinski definition) is 7. The quantitative estimate of drug-likeness (QED) is 0.472. The lowest BCUT2D eigenvalue weighted by Gasteiger charge is -2.26. The number of ether oxygens (including phenoxy) is 1. The monoisotopic (exact) mass is 313 g/mol. The molecule has 1 aliphatic heterocycles. The van der Waals surface area contributed by atoms with Crippen molar-refractivity contribution in [2.75, 3.05) is 12.4 Å². The van der Waals surface area contributed by atoms with Gasteiger partial charge in [0.25, 0.3) is 0 Å². The van der Waals surface area contributed by atoms with Crippen LogP contribution in [-0.4, -0.2) is 55.5 Å². The van der Waals surface area contributed by atoms with Gasteiger partial charge in [-0.15, -0.1) is 0 Å². The van der Waals surface area contributed by atoms with Crippen LogP contribution in [0.1, 0.15) is 13.2 Å². The summed E-state index contributed by atoms with van der Waals surface area (Å²) in [4.78, 5) is 15.4. The fraction of sp³-hybridized carbons (Fsp3) is 0.538. The maximum atomic E-state index is 12.3. The lowest BCUT2D eigenvalue weighted by atomic mass is 9.92. The van der Waals surface area contributed by atoms with E-state index >= 15 is 0 Å². The van der Waals surface area contributed by atoms with Gasteiger partial charge in [0.2, 0.25) is 0 Å². The van der Waals surface area contributed by atoms with Crippen LogP contribution >= 0.6 is 0 Å². The van der Waals surface area contributed by atoms with E-state index in [2.05, 4.69) is 10.9 Å². The van der Waals surface area contributed by atoms with Crippen LogP contribution < -0.4 is 11.4 Å². The molecular formula is C13H16FN3O5. The highest BCUT2D eigenvalue weighted by atomic mass is 19.1. The third-order valence-electron chi connectivity index (χ3n) is 3.36. The largest absolute Gasteiger partial charge is 0.391 e. The number of rotatable bonds is 2. The normalized spacial score (nSPS) is 32.3. The predicted molar refractivity (Wildman–Crippen MR) is 73.2 cm³/mol. The van der Waals surface area contributed by atoms with Crippen molar-refractivity contribution in [1.82, 2.24) is 9.55 Å². The summed E-state index contributed by atoms with van der Waals surface area (Å²) < 4.78 is 18.5. The fourth-order valence-corrected chi connectivity index (χ4v) is 2.29. The molecule has 1 saturated heterocycles. The van der Waals surface area contributed by atoms with E-state index in [1.54, 1.807) is 0 Å². The van der Waals surface area contributed by atoms with Crippen molar-refractivity contribution < 1.29 is 24.4 Å². The number of halogens is 1. The van der Waals surface area contributed by atoms with E-state index in [0.29, 0.717) is 0 Å². The molecule has 0 aliphatic carbocycles. The second-order valence-electron chi connectivity index (χ2n) is 4.94. The molecule has 22 heavy (non-hydrogen) atoms. The Kier molecular flexibility index (Phi) is 4.48. The molecule has 2 rings (SSSR count). The highest BCUT2D eigenvalue weighted by molar-refractivity contribution is 5.26. The lowest BCUT2D eigenvalue weighted by Crippen LogP contribution is -2.48. The Morgan fingerprint density at radius 2 is 2.36 bits per heavy atom. The van der Waals surface area contributed by atoms with Gasteiger partial charge in [-0.25, -0.2) is 9.18 Å². The predicted octanol–water partition coefficient (Wildman–Crippen LogP) is -1.83. The van der Waals surface area contributed by atoms with Gasteiger partial charge in [-0.1, -0.05) is 11.8 Å². The minimum Gasteiger partial charge on any atom is -0.391 e. The number of nitrogens with two attached hydrogens (primary N) is 1. The Morgan fingerprint density at radius 3 is 2.91 bits per heavy atom. The molecule has 0 bridgehead atoms. The molecule has 0 radical (unpaired) electrons. The van der Waals surface area contributed by atoms with E-state index in [-0.39, 0.29) is 5.82 Å². The van der Waals surface area contributed by atoms with E-state index in [1.165, 1.54) is 19.2 Å². The average molecular weight is 313 g/mol.